The molecular formula is C35H39ClFN5O4. The number of alkyl carbamates (subject to hydrolysis) is 1. The van der Waals surface area contributed by atoms with Crippen molar-refractivity contribution in [2.45, 2.75) is 52.8 Å². The fourth-order valence-electron chi connectivity index (χ4n) is 4.69. The molecule has 4 rings (SSSR count). The molecule has 0 bridgehead atoms. The zero-order valence-corrected chi connectivity index (χ0v) is 27.4. The number of hydrogen-bond donors (Lipinski definition) is 3. The molecular weight excluding hydrogens is 609 g/mol. The maximum atomic E-state index is 13.1. The lowest BCUT2D eigenvalue weighted by Gasteiger charge is -2.19. The number of benzene rings is 2. The largest absolute Gasteiger partial charge is 0.496 e. The van der Waals surface area contributed by atoms with Crippen molar-refractivity contribution in [1.82, 2.24) is 20.6 Å². The van der Waals surface area contributed by atoms with Gasteiger partial charge in [-0.15, -0.1) is 0 Å². The first-order valence-corrected chi connectivity index (χ1v) is 15.3. The molecule has 0 fully saturated rings. The molecule has 0 spiro atoms. The molecule has 2 amide bonds. The average molecular weight is 648 g/mol. The van der Waals surface area contributed by atoms with E-state index in [1.807, 2.05) is 70.2 Å². The van der Waals surface area contributed by atoms with Crippen molar-refractivity contribution in [2.24, 2.45) is 0 Å². The predicted molar refractivity (Wildman–Crippen MR) is 179 cm³/mol. The SMILES string of the molecule is COc1cc(-c2nccc(-c3cccc(NC(=O)c4ccc(COC(=O)NC(C)(C)C)cn4)c3C)c2Cl)ccc1CNCCCF. The van der Waals surface area contributed by atoms with Gasteiger partial charge in [-0.3, -0.25) is 19.2 Å². The Morgan fingerprint density at radius 1 is 1.02 bits per heavy atom. The Labute approximate surface area is 273 Å². The molecule has 0 saturated carbocycles. The highest BCUT2D eigenvalue weighted by Crippen LogP contribution is 2.39. The molecule has 0 aliphatic carbocycles. The molecule has 2 aromatic heterocycles. The maximum Gasteiger partial charge on any atom is 0.407 e. The summed E-state index contributed by atoms with van der Waals surface area (Å²) in [7, 11) is 1.60. The molecule has 0 atom stereocenters. The molecule has 0 unspecified atom stereocenters. The highest BCUT2D eigenvalue weighted by atomic mass is 35.5. The second-order valence-corrected chi connectivity index (χ2v) is 12.1. The Hall–Kier alpha value is -4.54. The van der Waals surface area contributed by atoms with Gasteiger partial charge >= 0.3 is 6.09 Å². The third-order valence-corrected chi connectivity index (χ3v) is 7.41. The summed E-state index contributed by atoms with van der Waals surface area (Å²) in [4.78, 5) is 33.8. The van der Waals surface area contributed by atoms with E-state index in [4.69, 9.17) is 21.1 Å². The highest BCUT2D eigenvalue weighted by Gasteiger charge is 2.18. The van der Waals surface area contributed by atoms with E-state index < -0.39 is 11.6 Å². The molecule has 242 valence electrons. The van der Waals surface area contributed by atoms with Crippen molar-refractivity contribution in [3.05, 3.63) is 94.4 Å². The minimum Gasteiger partial charge on any atom is -0.496 e. The summed E-state index contributed by atoms with van der Waals surface area (Å²) < 4.78 is 23.3. The van der Waals surface area contributed by atoms with Gasteiger partial charge in [0.15, 0.2) is 0 Å². The van der Waals surface area contributed by atoms with Crippen molar-refractivity contribution >= 4 is 29.3 Å². The Morgan fingerprint density at radius 2 is 1.83 bits per heavy atom. The van der Waals surface area contributed by atoms with Crippen LogP contribution in [0.5, 0.6) is 5.75 Å². The molecule has 0 radical (unpaired) electrons. The number of pyridine rings is 2. The van der Waals surface area contributed by atoms with Crippen LogP contribution in [0.4, 0.5) is 14.9 Å². The van der Waals surface area contributed by atoms with E-state index in [9.17, 15) is 14.0 Å². The molecule has 4 aromatic rings. The van der Waals surface area contributed by atoms with Crippen LogP contribution in [0.1, 0.15) is 54.4 Å². The van der Waals surface area contributed by atoms with Crippen LogP contribution < -0.4 is 20.7 Å². The van der Waals surface area contributed by atoms with Gasteiger partial charge in [0, 0.05) is 52.4 Å². The molecule has 0 aliphatic rings. The van der Waals surface area contributed by atoms with Crippen LogP contribution in [0, 0.1) is 6.92 Å². The minimum atomic E-state index is -0.529. The third-order valence-electron chi connectivity index (χ3n) is 7.03. The van der Waals surface area contributed by atoms with E-state index in [0.29, 0.717) is 47.2 Å². The van der Waals surface area contributed by atoms with E-state index in [-0.39, 0.29) is 24.9 Å². The summed E-state index contributed by atoms with van der Waals surface area (Å²) in [5.74, 6) is 0.292. The molecule has 0 aliphatic heterocycles. The van der Waals surface area contributed by atoms with Gasteiger partial charge in [-0.05, 0) is 76.1 Å². The number of carbonyl (C=O) groups excluding carboxylic acids is 2. The van der Waals surface area contributed by atoms with E-state index >= 15 is 0 Å². The molecule has 9 nitrogen and oxygen atoms in total. The Morgan fingerprint density at radius 3 is 2.52 bits per heavy atom. The summed E-state index contributed by atoms with van der Waals surface area (Å²) in [5.41, 5.74) is 5.79. The van der Waals surface area contributed by atoms with Crippen molar-refractivity contribution in [3.8, 4) is 28.1 Å². The van der Waals surface area contributed by atoms with Gasteiger partial charge in [0.2, 0.25) is 0 Å². The van der Waals surface area contributed by atoms with Crippen molar-refractivity contribution in [2.75, 3.05) is 25.6 Å². The topological polar surface area (TPSA) is 114 Å². The van der Waals surface area contributed by atoms with Crippen molar-refractivity contribution in [1.29, 1.82) is 0 Å². The monoisotopic (exact) mass is 647 g/mol. The smallest absolute Gasteiger partial charge is 0.407 e. The molecule has 2 aromatic carbocycles. The second-order valence-electron chi connectivity index (χ2n) is 11.7. The van der Waals surface area contributed by atoms with Crippen LogP contribution in [0.25, 0.3) is 22.4 Å². The lowest BCUT2D eigenvalue weighted by Crippen LogP contribution is -2.40. The average Bonchev–Trinajstić information content (AvgIpc) is 3.03. The number of nitrogens with one attached hydrogen (secondary N) is 3. The van der Waals surface area contributed by atoms with Crippen LogP contribution in [-0.4, -0.2) is 47.8 Å². The maximum absolute atomic E-state index is 13.1. The van der Waals surface area contributed by atoms with Crippen LogP contribution >= 0.6 is 11.6 Å². The zero-order chi connectivity index (χ0) is 33.3. The molecule has 46 heavy (non-hydrogen) atoms. The number of methoxy groups -OCH3 is 1. The van der Waals surface area contributed by atoms with Gasteiger partial charge in [0.05, 0.1) is 24.5 Å². The van der Waals surface area contributed by atoms with Gasteiger partial charge < -0.3 is 25.4 Å². The van der Waals surface area contributed by atoms with Crippen LogP contribution in [0.15, 0.2) is 67.0 Å². The number of amides is 2. The molecule has 2 heterocycles. The number of halogens is 2. The summed E-state index contributed by atoms with van der Waals surface area (Å²) >= 11 is 6.97. The van der Waals surface area contributed by atoms with Crippen molar-refractivity contribution in [3.63, 3.8) is 0 Å². The first-order valence-electron chi connectivity index (χ1n) is 14.9. The summed E-state index contributed by atoms with van der Waals surface area (Å²) in [6.45, 7) is 8.29. The lowest BCUT2D eigenvalue weighted by molar-refractivity contribution is 0.102. The van der Waals surface area contributed by atoms with Gasteiger partial charge in [-0.2, -0.15) is 0 Å². The fourth-order valence-corrected chi connectivity index (χ4v) is 5.01. The quantitative estimate of drug-likeness (QED) is 0.136. The number of anilines is 1. The zero-order valence-electron chi connectivity index (χ0n) is 26.7. The number of carbonyl (C=O) groups is 2. The van der Waals surface area contributed by atoms with Gasteiger partial charge in [-0.25, -0.2) is 4.79 Å². The standard InChI is InChI=1S/C35H39ClFN5O4/c1-22-26(27-14-17-39-32(31(27)36)24-11-12-25(30(18-24)45-5)20-38-16-7-15-37)8-6-9-28(22)41-33(43)29-13-10-23(19-40-29)21-46-34(44)42-35(2,3)4/h6,8-14,17-19,38H,7,15-16,20-21H2,1-5H3,(H,41,43)(H,42,44). The molecule has 3 N–H and O–H groups in total. The first-order chi connectivity index (χ1) is 22.0. The Balaban J connectivity index is 1.50. The number of rotatable bonds is 12. The fraction of sp³-hybridized carbons (Fsp3) is 0.314. The molecule has 0 saturated heterocycles. The third kappa shape index (κ3) is 9.02. The van der Waals surface area contributed by atoms with E-state index in [0.717, 1.165) is 27.8 Å². The number of ether oxygens (including phenoxy) is 2. The van der Waals surface area contributed by atoms with Crippen LogP contribution in [0.3, 0.4) is 0 Å². The molecule has 11 heteroatoms. The Kier molecular flexibility index (Phi) is 11.7. The normalized spacial score (nSPS) is 11.2. The minimum absolute atomic E-state index is 0.0302. The summed E-state index contributed by atoms with van der Waals surface area (Å²) in [6, 6.07) is 16.5. The number of aromatic nitrogens is 2. The number of hydrogen-bond acceptors (Lipinski definition) is 7. The van der Waals surface area contributed by atoms with Gasteiger partial charge in [-0.1, -0.05) is 41.9 Å². The highest BCUT2D eigenvalue weighted by molar-refractivity contribution is 6.35. The van der Waals surface area contributed by atoms with E-state index in [2.05, 4.69) is 25.9 Å². The first kappa shape index (κ1) is 34.3. The second kappa shape index (κ2) is 15.6. The Bertz CT molecular complexity index is 1680. The van der Waals surface area contributed by atoms with Gasteiger partial charge in [0.25, 0.3) is 5.91 Å². The van der Waals surface area contributed by atoms with Gasteiger partial charge in [0.1, 0.15) is 18.1 Å². The summed E-state index contributed by atoms with van der Waals surface area (Å²) in [6.07, 6.45) is 3.13. The van der Waals surface area contributed by atoms with E-state index in [1.165, 1.54) is 6.20 Å². The van der Waals surface area contributed by atoms with Crippen LogP contribution in [-0.2, 0) is 17.9 Å². The van der Waals surface area contributed by atoms with E-state index in [1.54, 1.807) is 25.4 Å². The lowest BCUT2D eigenvalue weighted by atomic mass is 9.97. The van der Waals surface area contributed by atoms with Crippen LogP contribution in [0.2, 0.25) is 5.02 Å². The number of nitrogens with zero attached hydrogens (tertiary/aromatic N) is 2. The summed E-state index contributed by atoms with van der Waals surface area (Å²) in [5, 5.41) is 9.35. The predicted octanol–water partition coefficient (Wildman–Crippen LogP) is 7.51. The number of alkyl halides is 1. The van der Waals surface area contributed by atoms with Crippen molar-refractivity contribution < 1.29 is 23.5 Å².